The van der Waals surface area contributed by atoms with E-state index in [4.69, 9.17) is 21.2 Å². The zero-order chi connectivity index (χ0) is 13.2. The molecule has 0 aliphatic heterocycles. The third-order valence-electron chi connectivity index (χ3n) is 2.16. The number of rotatable bonds is 3. The van der Waals surface area contributed by atoms with Gasteiger partial charge in [0.25, 0.3) is 0 Å². The number of nitrogen functional groups attached to an aromatic ring is 1. The molecule has 0 bridgehead atoms. The highest BCUT2D eigenvalue weighted by atomic mass is 19.1. The van der Waals surface area contributed by atoms with Crippen molar-refractivity contribution in [3.05, 3.63) is 29.1 Å². The van der Waals surface area contributed by atoms with Gasteiger partial charge in [0.15, 0.2) is 6.10 Å². The second kappa shape index (κ2) is 4.78. The van der Waals surface area contributed by atoms with Gasteiger partial charge >= 0.3 is 5.97 Å². The molecule has 0 spiro atoms. The lowest BCUT2D eigenvalue weighted by molar-refractivity contribution is 0.0528. The van der Waals surface area contributed by atoms with Crippen LogP contribution in [-0.2, 0) is 0 Å². The highest BCUT2D eigenvalue weighted by molar-refractivity contribution is 5.94. The number of carboxylic acid groups (broad SMARTS) is 1. The van der Waals surface area contributed by atoms with Gasteiger partial charge in [-0.05, 0) is 12.1 Å². The first-order valence-corrected chi connectivity index (χ1v) is 4.46. The van der Waals surface area contributed by atoms with Crippen LogP contribution in [0.1, 0.15) is 22.0 Å². The molecule has 2 unspecified atom stereocenters. The van der Waals surface area contributed by atoms with Crippen molar-refractivity contribution in [1.82, 2.24) is 0 Å². The maximum absolute atomic E-state index is 13.1. The SMILES string of the molecule is N#CC(O)C(O)c1cc(F)cc(C(=O)O)c1N. The van der Waals surface area contributed by atoms with Gasteiger partial charge in [0.05, 0.1) is 17.3 Å². The van der Waals surface area contributed by atoms with Crippen molar-refractivity contribution in [2.45, 2.75) is 12.2 Å². The molecular weight excluding hydrogens is 231 g/mol. The van der Waals surface area contributed by atoms with Gasteiger partial charge < -0.3 is 21.1 Å². The molecule has 0 aliphatic rings. The fourth-order valence-electron chi connectivity index (χ4n) is 1.30. The maximum Gasteiger partial charge on any atom is 0.337 e. The fourth-order valence-corrected chi connectivity index (χ4v) is 1.30. The van der Waals surface area contributed by atoms with E-state index < -0.39 is 29.6 Å². The molecule has 7 heteroatoms. The molecule has 0 heterocycles. The van der Waals surface area contributed by atoms with E-state index in [2.05, 4.69) is 0 Å². The van der Waals surface area contributed by atoms with Crippen LogP contribution in [0, 0.1) is 17.1 Å². The van der Waals surface area contributed by atoms with Crippen molar-refractivity contribution >= 4 is 11.7 Å². The highest BCUT2D eigenvalue weighted by Gasteiger charge is 2.24. The number of aliphatic hydroxyl groups excluding tert-OH is 2. The number of anilines is 1. The first-order valence-electron chi connectivity index (χ1n) is 4.46. The van der Waals surface area contributed by atoms with Crippen LogP contribution in [0.5, 0.6) is 0 Å². The summed E-state index contributed by atoms with van der Waals surface area (Å²) in [5.41, 5.74) is 4.16. The number of nitrogens with zero attached hydrogens (tertiary/aromatic N) is 1. The molecule has 0 fully saturated rings. The minimum absolute atomic E-state index is 0.337. The van der Waals surface area contributed by atoms with Crippen LogP contribution in [0.15, 0.2) is 12.1 Å². The van der Waals surface area contributed by atoms with E-state index >= 15 is 0 Å². The van der Waals surface area contributed by atoms with Gasteiger partial charge in [-0.1, -0.05) is 0 Å². The van der Waals surface area contributed by atoms with Crippen LogP contribution < -0.4 is 5.73 Å². The Morgan fingerprint density at radius 3 is 2.53 bits per heavy atom. The lowest BCUT2D eigenvalue weighted by atomic mass is 9.99. The third-order valence-corrected chi connectivity index (χ3v) is 2.16. The van der Waals surface area contributed by atoms with Crippen molar-refractivity contribution in [3.63, 3.8) is 0 Å². The predicted molar refractivity (Wildman–Crippen MR) is 54.4 cm³/mol. The van der Waals surface area contributed by atoms with E-state index in [1.54, 1.807) is 0 Å². The van der Waals surface area contributed by atoms with Crippen LogP contribution in [0.2, 0.25) is 0 Å². The van der Waals surface area contributed by atoms with Crippen LogP contribution in [-0.4, -0.2) is 27.4 Å². The first-order chi connectivity index (χ1) is 7.88. The van der Waals surface area contributed by atoms with Crippen LogP contribution in [0.3, 0.4) is 0 Å². The maximum atomic E-state index is 13.1. The molecule has 0 aromatic heterocycles. The molecule has 1 aromatic rings. The molecule has 5 N–H and O–H groups in total. The second-order valence-electron chi connectivity index (χ2n) is 3.28. The smallest absolute Gasteiger partial charge is 0.337 e. The number of halogens is 1. The molecule has 17 heavy (non-hydrogen) atoms. The predicted octanol–water partition coefficient (Wildman–Crippen LogP) is 0.0240. The molecule has 0 radical (unpaired) electrons. The zero-order valence-electron chi connectivity index (χ0n) is 8.46. The van der Waals surface area contributed by atoms with Gasteiger partial charge in [0.2, 0.25) is 0 Å². The monoisotopic (exact) mass is 240 g/mol. The van der Waals surface area contributed by atoms with Gasteiger partial charge in [-0.3, -0.25) is 0 Å². The number of benzene rings is 1. The topological polar surface area (TPSA) is 128 Å². The minimum atomic E-state index is -1.82. The van der Waals surface area contributed by atoms with E-state index in [1.807, 2.05) is 0 Å². The number of nitrogens with two attached hydrogens (primary N) is 1. The molecule has 2 atom stereocenters. The molecule has 6 nitrogen and oxygen atoms in total. The van der Waals surface area contributed by atoms with Gasteiger partial charge in [0.1, 0.15) is 11.9 Å². The first kappa shape index (κ1) is 12.9. The molecule has 90 valence electrons. The van der Waals surface area contributed by atoms with Crippen molar-refractivity contribution in [3.8, 4) is 6.07 Å². The zero-order valence-corrected chi connectivity index (χ0v) is 8.46. The van der Waals surface area contributed by atoms with Gasteiger partial charge in [-0.25, -0.2) is 9.18 Å². The van der Waals surface area contributed by atoms with Crippen LogP contribution in [0.25, 0.3) is 0 Å². The normalized spacial score (nSPS) is 13.8. The summed E-state index contributed by atoms with van der Waals surface area (Å²) >= 11 is 0. The van der Waals surface area contributed by atoms with Gasteiger partial charge in [-0.2, -0.15) is 5.26 Å². The van der Waals surface area contributed by atoms with E-state index in [1.165, 1.54) is 6.07 Å². The van der Waals surface area contributed by atoms with Crippen molar-refractivity contribution in [1.29, 1.82) is 5.26 Å². The van der Waals surface area contributed by atoms with E-state index in [-0.39, 0.29) is 11.3 Å². The van der Waals surface area contributed by atoms with Crippen molar-refractivity contribution in [2.24, 2.45) is 0 Å². The number of carboxylic acids is 1. The molecule has 0 amide bonds. The van der Waals surface area contributed by atoms with Gasteiger partial charge in [-0.15, -0.1) is 0 Å². The number of aliphatic hydroxyl groups is 2. The summed E-state index contributed by atoms with van der Waals surface area (Å²) in [6.07, 6.45) is -3.59. The Morgan fingerprint density at radius 2 is 2.06 bits per heavy atom. The molecule has 1 aromatic carbocycles. The average Bonchev–Trinajstić information content (AvgIpc) is 2.29. The Hall–Kier alpha value is -2.17. The number of carbonyl (C=O) groups is 1. The Kier molecular flexibility index (Phi) is 3.62. The highest BCUT2D eigenvalue weighted by Crippen LogP contribution is 2.27. The lowest BCUT2D eigenvalue weighted by Gasteiger charge is -2.15. The lowest BCUT2D eigenvalue weighted by Crippen LogP contribution is -2.19. The Morgan fingerprint density at radius 1 is 1.47 bits per heavy atom. The number of hydrogen-bond acceptors (Lipinski definition) is 5. The number of nitriles is 1. The Balaban J connectivity index is 3.35. The van der Waals surface area contributed by atoms with Crippen LogP contribution >= 0.6 is 0 Å². The summed E-state index contributed by atoms with van der Waals surface area (Å²) in [5, 5.41) is 35.7. The summed E-state index contributed by atoms with van der Waals surface area (Å²) < 4.78 is 13.1. The molecule has 0 saturated carbocycles. The average molecular weight is 240 g/mol. The van der Waals surface area contributed by atoms with Crippen LogP contribution in [0.4, 0.5) is 10.1 Å². The quantitative estimate of drug-likeness (QED) is 0.435. The standard InChI is InChI=1S/C10H9FN2O4/c11-4-1-5(9(15)7(14)3-12)8(13)6(2-4)10(16)17/h1-2,7,9,14-15H,13H2,(H,16,17). The molecular formula is C10H9FN2O4. The second-order valence-corrected chi connectivity index (χ2v) is 3.28. The van der Waals surface area contributed by atoms with E-state index in [0.29, 0.717) is 6.07 Å². The largest absolute Gasteiger partial charge is 0.478 e. The molecule has 0 saturated heterocycles. The Bertz CT molecular complexity index is 498. The summed E-state index contributed by atoms with van der Waals surface area (Å²) in [4.78, 5) is 10.7. The Labute approximate surface area is 95.3 Å². The number of hydrogen-bond donors (Lipinski definition) is 4. The molecule has 0 aliphatic carbocycles. The summed E-state index contributed by atoms with van der Waals surface area (Å²) in [7, 11) is 0. The third kappa shape index (κ3) is 2.50. The summed E-state index contributed by atoms with van der Waals surface area (Å²) in [6, 6.07) is 2.80. The molecule has 1 rings (SSSR count). The van der Waals surface area contributed by atoms with E-state index in [0.717, 1.165) is 6.07 Å². The summed E-state index contributed by atoms with van der Waals surface area (Å²) in [5.74, 6) is -2.40. The fraction of sp³-hybridized carbons (Fsp3) is 0.200. The number of aromatic carboxylic acids is 1. The van der Waals surface area contributed by atoms with Gasteiger partial charge in [0, 0.05) is 5.56 Å². The van der Waals surface area contributed by atoms with E-state index in [9.17, 15) is 14.3 Å². The van der Waals surface area contributed by atoms with Crippen molar-refractivity contribution < 1.29 is 24.5 Å². The van der Waals surface area contributed by atoms with Crippen molar-refractivity contribution in [2.75, 3.05) is 5.73 Å². The minimum Gasteiger partial charge on any atom is -0.478 e. The summed E-state index contributed by atoms with van der Waals surface area (Å²) in [6.45, 7) is 0.